The van der Waals surface area contributed by atoms with Gasteiger partial charge < -0.3 is 4.42 Å². The van der Waals surface area contributed by atoms with E-state index < -0.39 is 10.8 Å². The molecule has 4 heteroatoms. The van der Waals surface area contributed by atoms with Crippen LogP contribution in [0.1, 0.15) is 35.9 Å². The summed E-state index contributed by atoms with van der Waals surface area (Å²) in [5, 5.41) is 3.63. The lowest BCUT2D eigenvalue weighted by Gasteiger charge is -2.23. The molecular formula is C20H21NO2S. The van der Waals surface area contributed by atoms with Gasteiger partial charge in [-0.3, -0.25) is 9.53 Å². The quantitative estimate of drug-likeness (QED) is 0.721. The highest BCUT2D eigenvalue weighted by molar-refractivity contribution is 7.84. The van der Waals surface area contributed by atoms with Gasteiger partial charge in [0.05, 0.1) is 12.3 Å². The largest absolute Gasteiger partial charge is 0.467 e. The van der Waals surface area contributed by atoms with Crippen molar-refractivity contribution in [3.05, 3.63) is 89.9 Å². The van der Waals surface area contributed by atoms with Gasteiger partial charge in [0.1, 0.15) is 5.76 Å². The molecule has 0 saturated heterocycles. The van der Waals surface area contributed by atoms with Crippen LogP contribution in [0.3, 0.4) is 0 Å². The van der Waals surface area contributed by atoms with Crippen molar-refractivity contribution in [3.8, 4) is 0 Å². The number of nitrogens with one attached hydrogen (secondary N) is 1. The van der Waals surface area contributed by atoms with E-state index in [1.807, 2.05) is 54.6 Å². The first-order chi connectivity index (χ1) is 11.6. The molecule has 0 fully saturated rings. The Kier molecular flexibility index (Phi) is 5.28. The zero-order valence-corrected chi connectivity index (χ0v) is 14.6. The Hall–Kier alpha value is -2.17. The molecule has 2 aromatic carbocycles. The fourth-order valence-corrected chi connectivity index (χ4v) is 3.26. The van der Waals surface area contributed by atoms with Gasteiger partial charge in [-0.2, -0.15) is 0 Å². The van der Waals surface area contributed by atoms with E-state index in [1.54, 1.807) is 12.5 Å². The monoisotopic (exact) mass is 339 g/mol. The van der Waals surface area contributed by atoms with E-state index in [0.29, 0.717) is 0 Å². The Morgan fingerprint density at radius 1 is 0.917 bits per heavy atom. The van der Waals surface area contributed by atoms with Crippen molar-refractivity contribution in [1.82, 2.24) is 5.32 Å². The fourth-order valence-electron chi connectivity index (χ4n) is 2.74. The second-order valence-electron chi connectivity index (χ2n) is 5.77. The summed E-state index contributed by atoms with van der Waals surface area (Å²) in [6, 6.07) is 22.2. The van der Waals surface area contributed by atoms with Crippen LogP contribution >= 0.6 is 0 Å². The van der Waals surface area contributed by atoms with E-state index in [-0.39, 0.29) is 12.1 Å². The van der Waals surface area contributed by atoms with Gasteiger partial charge in [0.2, 0.25) is 0 Å². The molecule has 3 aromatic rings. The number of hydrogen-bond donors (Lipinski definition) is 1. The van der Waals surface area contributed by atoms with Crippen molar-refractivity contribution < 1.29 is 8.63 Å². The van der Waals surface area contributed by atoms with E-state index in [9.17, 15) is 4.21 Å². The average Bonchev–Trinajstić information content (AvgIpc) is 3.14. The summed E-state index contributed by atoms with van der Waals surface area (Å²) in [5.41, 5.74) is 2.31. The van der Waals surface area contributed by atoms with Gasteiger partial charge in [0.15, 0.2) is 0 Å². The van der Waals surface area contributed by atoms with E-state index in [2.05, 4.69) is 24.4 Å². The van der Waals surface area contributed by atoms with Crippen LogP contribution in [0.2, 0.25) is 0 Å². The zero-order chi connectivity index (χ0) is 16.9. The second kappa shape index (κ2) is 7.60. The van der Waals surface area contributed by atoms with Gasteiger partial charge in [-0.1, -0.05) is 42.5 Å². The Morgan fingerprint density at radius 3 is 2.21 bits per heavy atom. The Balaban J connectivity index is 1.83. The van der Waals surface area contributed by atoms with Crippen molar-refractivity contribution in [2.24, 2.45) is 0 Å². The number of furan rings is 1. The van der Waals surface area contributed by atoms with Crippen LogP contribution in [-0.4, -0.2) is 10.5 Å². The molecule has 0 unspecified atom stereocenters. The molecule has 124 valence electrons. The average molecular weight is 339 g/mol. The standard InChI is InChI=1S/C20H21NO2S/c1-15(16-10-12-18(13-11-16)24(2)22)21-20(19-9-6-14-23-19)17-7-4-3-5-8-17/h3-15,20-21H,1-2H3/t15-,20+,24-/m0/s1. The van der Waals surface area contributed by atoms with Crippen LogP contribution < -0.4 is 5.32 Å². The molecule has 24 heavy (non-hydrogen) atoms. The highest BCUT2D eigenvalue weighted by Gasteiger charge is 2.19. The van der Waals surface area contributed by atoms with Crippen molar-refractivity contribution in [2.45, 2.75) is 23.9 Å². The SMILES string of the molecule is C[C@H](N[C@H](c1ccccc1)c1ccco1)c1ccc([S@](C)=O)cc1. The summed E-state index contributed by atoms with van der Waals surface area (Å²) >= 11 is 0. The molecule has 0 radical (unpaired) electrons. The summed E-state index contributed by atoms with van der Waals surface area (Å²) in [7, 11) is -0.951. The summed E-state index contributed by atoms with van der Waals surface area (Å²) in [4.78, 5) is 0.844. The highest BCUT2D eigenvalue weighted by atomic mass is 32.2. The predicted octanol–water partition coefficient (Wildman–Crippen LogP) is 4.46. The molecular weight excluding hydrogens is 318 g/mol. The first kappa shape index (κ1) is 16.7. The fraction of sp³-hybridized carbons (Fsp3) is 0.200. The lowest BCUT2D eigenvalue weighted by Crippen LogP contribution is -2.25. The molecule has 1 aromatic heterocycles. The molecule has 3 nitrogen and oxygen atoms in total. The summed E-state index contributed by atoms with van der Waals surface area (Å²) in [5.74, 6) is 0.888. The zero-order valence-electron chi connectivity index (χ0n) is 13.8. The smallest absolute Gasteiger partial charge is 0.125 e. The van der Waals surface area contributed by atoms with Crippen LogP contribution in [-0.2, 0) is 10.8 Å². The molecule has 0 aliphatic rings. The molecule has 3 rings (SSSR count). The number of hydrogen-bond acceptors (Lipinski definition) is 3. The molecule has 0 aliphatic carbocycles. The maximum atomic E-state index is 11.5. The van der Waals surface area contributed by atoms with Crippen molar-refractivity contribution in [1.29, 1.82) is 0 Å². The first-order valence-corrected chi connectivity index (χ1v) is 9.49. The minimum atomic E-state index is -0.951. The summed E-state index contributed by atoms with van der Waals surface area (Å²) in [6.07, 6.45) is 3.39. The van der Waals surface area contributed by atoms with E-state index in [0.717, 1.165) is 21.8 Å². The van der Waals surface area contributed by atoms with Gasteiger partial charge in [-0.15, -0.1) is 0 Å². The highest BCUT2D eigenvalue weighted by Crippen LogP contribution is 2.26. The first-order valence-electron chi connectivity index (χ1n) is 7.93. The molecule has 0 amide bonds. The second-order valence-corrected chi connectivity index (χ2v) is 7.15. The predicted molar refractivity (Wildman–Crippen MR) is 97.3 cm³/mol. The molecule has 1 N–H and O–H groups in total. The van der Waals surface area contributed by atoms with Crippen LogP contribution in [0.5, 0.6) is 0 Å². The van der Waals surface area contributed by atoms with Crippen molar-refractivity contribution in [2.75, 3.05) is 6.26 Å². The minimum absolute atomic E-state index is 0.0174. The van der Waals surface area contributed by atoms with Gasteiger partial charge in [0.25, 0.3) is 0 Å². The topological polar surface area (TPSA) is 42.2 Å². The summed E-state index contributed by atoms with van der Waals surface area (Å²) in [6.45, 7) is 2.12. The van der Waals surface area contributed by atoms with Gasteiger partial charge in [0, 0.05) is 28.0 Å². The van der Waals surface area contributed by atoms with Gasteiger partial charge >= 0.3 is 0 Å². The van der Waals surface area contributed by atoms with Gasteiger partial charge in [-0.25, -0.2) is 0 Å². The Morgan fingerprint density at radius 2 is 1.62 bits per heavy atom. The molecule has 1 heterocycles. The number of benzene rings is 2. The maximum absolute atomic E-state index is 11.5. The Bertz CT molecular complexity index is 782. The minimum Gasteiger partial charge on any atom is -0.467 e. The van der Waals surface area contributed by atoms with E-state index in [4.69, 9.17) is 4.42 Å². The number of rotatable bonds is 6. The van der Waals surface area contributed by atoms with Crippen LogP contribution in [0.15, 0.2) is 82.3 Å². The molecule has 0 bridgehead atoms. The third-order valence-corrected chi connectivity index (χ3v) is 5.03. The van der Waals surface area contributed by atoms with Crippen molar-refractivity contribution >= 4 is 10.8 Å². The molecule has 0 spiro atoms. The maximum Gasteiger partial charge on any atom is 0.125 e. The van der Waals surface area contributed by atoms with Crippen LogP contribution in [0, 0.1) is 0 Å². The normalized spacial score (nSPS) is 14.9. The van der Waals surface area contributed by atoms with Crippen molar-refractivity contribution in [3.63, 3.8) is 0 Å². The molecule has 0 saturated carbocycles. The van der Waals surface area contributed by atoms with Crippen LogP contribution in [0.4, 0.5) is 0 Å². The lowest BCUT2D eigenvalue weighted by atomic mass is 10.0. The third-order valence-electron chi connectivity index (χ3n) is 4.09. The van der Waals surface area contributed by atoms with Crippen LogP contribution in [0.25, 0.3) is 0 Å². The van der Waals surface area contributed by atoms with Gasteiger partial charge in [-0.05, 0) is 42.3 Å². The third kappa shape index (κ3) is 3.83. The summed E-state index contributed by atoms with van der Waals surface area (Å²) < 4.78 is 17.2. The molecule has 3 atom stereocenters. The van der Waals surface area contributed by atoms with E-state index in [1.165, 1.54) is 0 Å². The lowest BCUT2D eigenvalue weighted by molar-refractivity contribution is 0.419. The molecule has 0 aliphatic heterocycles. The van der Waals surface area contributed by atoms with E-state index >= 15 is 0 Å². The Labute approximate surface area is 145 Å².